The smallest absolute Gasteiger partial charge is 0.102 e. The minimum absolute atomic E-state index is 0.621. The van der Waals surface area contributed by atoms with Crippen molar-refractivity contribution in [3.8, 4) is 0 Å². The highest BCUT2D eigenvalue weighted by Gasteiger charge is 2.10. The quantitative estimate of drug-likeness (QED) is 0.593. The summed E-state index contributed by atoms with van der Waals surface area (Å²) in [6, 6.07) is 10.3. The molecule has 0 aliphatic rings. The Morgan fingerprint density at radius 3 is 2.74 bits per heavy atom. The molecule has 0 radical (unpaired) electrons. The second kappa shape index (κ2) is 4.86. The number of aryl methyl sites for hydroxylation is 2. The Kier molecular flexibility index (Phi) is 3.34. The highest BCUT2D eigenvalue weighted by atomic mass is 35.5. The van der Waals surface area contributed by atoms with Crippen molar-refractivity contribution < 1.29 is 0 Å². The van der Waals surface area contributed by atoms with Crippen LogP contribution >= 0.6 is 34.5 Å². The van der Waals surface area contributed by atoms with Gasteiger partial charge in [-0.25, -0.2) is 0 Å². The fraction of sp³-hybridized carbons (Fsp3) is 0.200. The van der Waals surface area contributed by atoms with Crippen LogP contribution in [-0.4, -0.2) is 4.57 Å². The SMILES string of the molecule is Cc1cc2cc(Cc3cccc(Cl)c3Cl)sc2n1C. The van der Waals surface area contributed by atoms with E-state index in [2.05, 4.69) is 30.7 Å². The zero-order valence-corrected chi connectivity index (χ0v) is 13.0. The largest absolute Gasteiger partial charge is 0.340 e. The van der Waals surface area contributed by atoms with Gasteiger partial charge in [-0.05, 0) is 30.7 Å². The summed E-state index contributed by atoms with van der Waals surface area (Å²) in [6.07, 6.45) is 0.831. The van der Waals surface area contributed by atoms with Crippen LogP contribution in [0, 0.1) is 6.92 Å². The minimum Gasteiger partial charge on any atom is -0.340 e. The first kappa shape index (κ1) is 13.0. The third-order valence-corrected chi connectivity index (χ3v) is 5.47. The standard InChI is InChI=1S/C15H13Cl2NS/c1-9-6-11-8-12(19-15(11)18(9)2)7-10-4-3-5-13(16)14(10)17/h3-6,8H,7H2,1-2H3. The lowest BCUT2D eigenvalue weighted by Crippen LogP contribution is -1.88. The second-order valence-corrected chi connectivity index (χ2v) is 6.61. The molecular formula is C15H13Cl2NS. The second-order valence-electron chi connectivity index (χ2n) is 4.71. The molecular weight excluding hydrogens is 297 g/mol. The van der Waals surface area contributed by atoms with Crippen LogP contribution in [-0.2, 0) is 13.5 Å². The van der Waals surface area contributed by atoms with Crippen LogP contribution in [0.3, 0.4) is 0 Å². The number of fused-ring (bicyclic) bond motifs is 1. The van der Waals surface area contributed by atoms with Gasteiger partial charge in [-0.15, -0.1) is 11.3 Å². The van der Waals surface area contributed by atoms with Gasteiger partial charge < -0.3 is 4.57 Å². The fourth-order valence-electron chi connectivity index (χ4n) is 2.26. The fourth-order valence-corrected chi connectivity index (χ4v) is 3.82. The molecule has 0 fully saturated rings. The van der Waals surface area contributed by atoms with E-state index < -0.39 is 0 Å². The normalized spacial score (nSPS) is 11.4. The molecule has 3 rings (SSSR count). The maximum atomic E-state index is 6.24. The van der Waals surface area contributed by atoms with E-state index in [-0.39, 0.29) is 0 Å². The van der Waals surface area contributed by atoms with Crippen LogP contribution in [0.25, 0.3) is 10.2 Å². The van der Waals surface area contributed by atoms with Crippen molar-refractivity contribution in [2.75, 3.05) is 0 Å². The summed E-state index contributed by atoms with van der Waals surface area (Å²) in [5.74, 6) is 0. The van der Waals surface area contributed by atoms with Crippen molar-refractivity contribution >= 4 is 44.8 Å². The van der Waals surface area contributed by atoms with Gasteiger partial charge in [0.1, 0.15) is 4.83 Å². The maximum Gasteiger partial charge on any atom is 0.102 e. The number of rotatable bonds is 2. The Labute approximate surface area is 126 Å². The van der Waals surface area contributed by atoms with Crippen molar-refractivity contribution in [1.29, 1.82) is 0 Å². The Morgan fingerprint density at radius 2 is 2.00 bits per heavy atom. The molecule has 0 aliphatic heterocycles. The maximum absolute atomic E-state index is 6.24. The van der Waals surface area contributed by atoms with Gasteiger partial charge in [0, 0.05) is 29.4 Å². The summed E-state index contributed by atoms with van der Waals surface area (Å²) in [5, 5.41) is 2.59. The van der Waals surface area contributed by atoms with Gasteiger partial charge in [0.2, 0.25) is 0 Å². The molecule has 1 nitrogen and oxygen atoms in total. The molecule has 98 valence electrons. The summed E-state index contributed by atoms with van der Waals surface area (Å²) in [5.41, 5.74) is 2.37. The van der Waals surface area contributed by atoms with Crippen molar-refractivity contribution in [3.05, 3.63) is 56.5 Å². The number of aromatic nitrogens is 1. The zero-order chi connectivity index (χ0) is 13.6. The van der Waals surface area contributed by atoms with E-state index in [1.54, 1.807) is 0 Å². The number of nitrogens with zero attached hydrogens (tertiary/aromatic N) is 1. The molecule has 2 aromatic heterocycles. The minimum atomic E-state index is 0.621. The number of benzene rings is 1. The average molecular weight is 310 g/mol. The van der Waals surface area contributed by atoms with Gasteiger partial charge in [0.05, 0.1) is 10.0 Å². The Morgan fingerprint density at radius 1 is 1.21 bits per heavy atom. The van der Waals surface area contributed by atoms with Gasteiger partial charge in [-0.2, -0.15) is 0 Å². The third-order valence-electron chi connectivity index (χ3n) is 3.39. The van der Waals surface area contributed by atoms with Crippen LogP contribution in [0.1, 0.15) is 16.1 Å². The number of halogens is 2. The van der Waals surface area contributed by atoms with Crippen molar-refractivity contribution in [2.45, 2.75) is 13.3 Å². The van der Waals surface area contributed by atoms with Crippen molar-refractivity contribution in [2.24, 2.45) is 7.05 Å². The average Bonchev–Trinajstić information content (AvgIpc) is 2.86. The highest BCUT2D eigenvalue weighted by molar-refractivity contribution is 7.18. The molecule has 1 aromatic carbocycles. The number of hydrogen-bond donors (Lipinski definition) is 0. The Hall–Kier alpha value is -0.960. The summed E-state index contributed by atoms with van der Waals surface area (Å²) in [6.45, 7) is 2.13. The van der Waals surface area contributed by atoms with Crippen molar-refractivity contribution in [1.82, 2.24) is 4.57 Å². The predicted molar refractivity (Wildman–Crippen MR) is 84.8 cm³/mol. The van der Waals surface area contributed by atoms with Crippen LogP contribution in [0.4, 0.5) is 0 Å². The van der Waals surface area contributed by atoms with Crippen molar-refractivity contribution in [3.63, 3.8) is 0 Å². The van der Waals surface area contributed by atoms with Gasteiger partial charge in [-0.3, -0.25) is 0 Å². The lowest BCUT2D eigenvalue weighted by atomic mass is 10.1. The summed E-state index contributed by atoms with van der Waals surface area (Å²) in [7, 11) is 2.10. The zero-order valence-electron chi connectivity index (χ0n) is 10.7. The van der Waals surface area contributed by atoms with E-state index in [1.165, 1.54) is 20.8 Å². The molecule has 0 unspecified atom stereocenters. The van der Waals surface area contributed by atoms with Gasteiger partial charge >= 0.3 is 0 Å². The Bertz CT molecular complexity index is 755. The van der Waals surface area contributed by atoms with Crippen LogP contribution in [0.5, 0.6) is 0 Å². The van der Waals surface area contributed by atoms with Crippen LogP contribution < -0.4 is 0 Å². The van der Waals surface area contributed by atoms with Gasteiger partial charge in [0.25, 0.3) is 0 Å². The molecule has 0 atom stereocenters. The van der Waals surface area contributed by atoms with E-state index in [0.29, 0.717) is 10.0 Å². The van der Waals surface area contributed by atoms with E-state index in [9.17, 15) is 0 Å². The number of hydrogen-bond acceptors (Lipinski definition) is 1. The monoisotopic (exact) mass is 309 g/mol. The topological polar surface area (TPSA) is 4.93 Å². The lowest BCUT2D eigenvalue weighted by molar-refractivity contribution is 0.925. The summed E-state index contributed by atoms with van der Waals surface area (Å²) in [4.78, 5) is 2.62. The highest BCUT2D eigenvalue weighted by Crippen LogP contribution is 2.32. The molecule has 4 heteroatoms. The van der Waals surface area contributed by atoms with E-state index in [0.717, 1.165) is 12.0 Å². The summed E-state index contributed by atoms with van der Waals surface area (Å²) >= 11 is 14.1. The molecule has 0 saturated heterocycles. The molecule has 0 saturated carbocycles. The van der Waals surface area contributed by atoms with E-state index >= 15 is 0 Å². The molecule has 0 spiro atoms. The first-order valence-corrected chi connectivity index (χ1v) is 7.61. The van der Waals surface area contributed by atoms with Gasteiger partial charge in [0.15, 0.2) is 0 Å². The number of thiophene rings is 1. The Balaban J connectivity index is 1.99. The third kappa shape index (κ3) is 2.29. The molecule has 2 heterocycles. The first-order chi connectivity index (χ1) is 9.06. The predicted octanol–water partition coefficient (Wildman–Crippen LogP) is 5.45. The molecule has 0 bridgehead atoms. The molecule has 0 aliphatic carbocycles. The van der Waals surface area contributed by atoms with Crippen LogP contribution in [0.15, 0.2) is 30.3 Å². The molecule has 0 N–H and O–H groups in total. The van der Waals surface area contributed by atoms with E-state index in [4.69, 9.17) is 23.2 Å². The molecule has 0 amide bonds. The molecule has 3 aromatic rings. The molecule has 19 heavy (non-hydrogen) atoms. The van der Waals surface area contributed by atoms with Crippen LogP contribution in [0.2, 0.25) is 10.0 Å². The first-order valence-electron chi connectivity index (χ1n) is 6.04. The van der Waals surface area contributed by atoms with Gasteiger partial charge in [-0.1, -0.05) is 35.3 Å². The lowest BCUT2D eigenvalue weighted by Gasteiger charge is -2.03. The van der Waals surface area contributed by atoms with E-state index in [1.807, 2.05) is 29.5 Å². The summed E-state index contributed by atoms with van der Waals surface area (Å²) < 4.78 is 2.23.